The number of halogens is 1. The van der Waals surface area contributed by atoms with Gasteiger partial charge in [-0.25, -0.2) is 0 Å². The number of nitrogens with one attached hydrogen (secondary N) is 1. The van der Waals surface area contributed by atoms with E-state index in [9.17, 15) is 5.11 Å². The van der Waals surface area contributed by atoms with Gasteiger partial charge in [-0.05, 0) is 24.5 Å². The Balaban J connectivity index is 1.92. The summed E-state index contributed by atoms with van der Waals surface area (Å²) in [6.45, 7) is 4.11. The lowest BCUT2D eigenvalue weighted by molar-refractivity contribution is 0.157. The number of nitrogens with zero attached hydrogens (tertiary/aromatic N) is 1. The normalized spacial score (nSPS) is 21.2. The van der Waals surface area contributed by atoms with E-state index in [0.29, 0.717) is 11.5 Å². The number of benzene rings is 1. The molecule has 0 radical (unpaired) electrons. The van der Waals surface area contributed by atoms with Gasteiger partial charge in [-0.15, -0.1) is 0 Å². The van der Waals surface area contributed by atoms with Crippen LogP contribution in [0.4, 0.5) is 0 Å². The van der Waals surface area contributed by atoms with Crippen LogP contribution in [0.25, 0.3) is 0 Å². The van der Waals surface area contributed by atoms with Crippen LogP contribution >= 0.6 is 15.9 Å². The summed E-state index contributed by atoms with van der Waals surface area (Å²) in [5.74, 6) is 1.66. The summed E-state index contributed by atoms with van der Waals surface area (Å²) >= 11 is 3.54. The predicted molar refractivity (Wildman–Crippen MR) is 86.9 cm³/mol. The summed E-state index contributed by atoms with van der Waals surface area (Å²) in [5.41, 5.74) is 0.995. The summed E-state index contributed by atoms with van der Waals surface area (Å²) in [6, 6.07) is 4.16. The highest BCUT2D eigenvalue weighted by Gasteiger charge is 2.32. The van der Waals surface area contributed by atoms with Gasteiger partial charge in [0, 0.05) is 42.3 Å². The maximum atomic E-state index is 10.6. The topological polar surface area (TPSA) is 44.7 Å². The van der Waals surface area contributed by atoms with Crippen molar-refractivity contribution in [3.05, 3.63) is 22.2 Å². The second-order valence-electron chi connectivity index (χ2n) is 6.03. The molecule has 0 aromatic heterocycles. The molecule has 116 valence electrons. The Morgan fingerprint density at radius 1 is 1.38 bits per heavy atom. The molecule has 0 unspecified atom stereocenters. The number of hydrogen-bond acceptors (Lipinski definition) is 4. The summed E-state index contributed by atoms with van der Waals surface area (Å²) in [5, 5.41) is 14.0. The minimum Gasteiger partial charge on any atom is -0.504 e. The molecule has 1 aromatic rings. The minimum absolute atomic E-state index is 0.283. The van der Waals surface area contributed by atoms with Gasteiger partial charge in [0.05, 0.1) is 7.11 Å². The van der Waals surface area contributed by atoms with E-state index in [1.54, 1.807) is 7.11 Å². The van der Waals surface area contributed by atoms with Crippen molar-refractivity contribution < 1.29 is 9.84 Å². The van der Waals surface area contributed by atoms with Crippen molar-refractivity contribution in [1.29, 1.82) is 0 Å². The van der Waals surface area contributed by atoms with Gasteiger partial charge in [-0.1, -0.05) is 28.8 Å². The molecule has 2 fully saturated rings. The van der Waals surface area contributed by atoms with Gasteiger partial charge in [0.1, 0.15) is 0 Å². The second-order valence-corrected chi connectivity index (χ2v) is 6.94. The third-order valence-electron chi connectivity index (χ3n) is 4.49. The maximum Gasteiger partial charge on any atom is 0.162 e. The molecular formula is C16H23BrN2O2. The van der Waals surface area contributed by atoms with Crippen molar-refractivity contribution in [3.63, 3.8) is 0 Å². The standard InChI is InChI=1S/C16H23BrN2O2/c1-21-15-10-12(17)9-13(16(15)20)14(8-11-2-3-11)19-6-4-18-5-7-19/h9-11,14,18,20H,2-8H2,1H3/t14-/m0/s1. The van der Waals surface area contributed by atoms with Gasteiger partial charge in [0.15, 0.2) is 11.5 Å². The zero-order valence-corrected chi connectivity index (χ0v) is 14.0. The Morgan fingerprint density at radius 2 is 2.10 bits per heavy atom. The van der Waals surface area contributed by atoms with Gasteiger partial charge >= 0.3 is 0 Å². The van der Waals surface area contributed by atoms with E-state index in [0.717, 1.165) is 48.6 Å². The van der Waals surface area contributed by atoms with E-state index < -0.39 is 0 Å². The molecule has 1 aromatic carbocycles. The summed E-state index contributed by atoms with van der Waals surface area (Å²) in [6.07, 6.45) is 3.79. The van der Waals surface area contributed by atoms with Crippen LogP contribution in [-0.2, 0) is 0 Å². The van der Waals surface area contributed by atoms with Crippen molar-refractivity contribution in [2.45, 2.75) is 25.3 Å². The molecule has 0 bridgehead atoms. The maximum absolute atomic E-state index is 10.6. The lowest BCUT2D eigenvalue weighted by Crippen LogP contribution is -2.45. The molecule has 0 spiro atoms. The Bertz CT molecular complexity index is 499. The number of phenols is 1. The molecule has 5 heteroatoms. The Morgan fingerprint density at radius 3 is 2.71 bits per heavy atom. The van der Waals surface area contributed by atoms with E-state index >= 15 is 0 Å². The molecule has 2 N–H and O–H groups in total. The molecule has 1 atom stereocenters. The lowest BCUT2D eigenvalue weighted by Gasteiger charge is -2.36. The SMILES string of the molecule is COc1cc(Br)cc([C@H](CC2CC2)N2CCNCC2)c1O. The van der Waals surface area contributed by atoms with E-state index in [-0.39, 0.29) is 6.04 Å². The van der Waals surface area contributed by atoms with E-state index in [1.807, 2.05) is 12.1 Å². The highest BCUT2D eigenvalue weighted by atomic mass is 79.9. The summed E-state index contributed by atoms with van der Waals surface area (Å²) in [7, 11) is 1.60. The fourth-order valence-corrected chi connectivity index (χ4v) is 3.59. The van der Waals surface area contributed by atoms with E-state index in [4.69, 9.17) is 4.74 Å². The molecule has 1 saturated carbocycles. The van der Waals surface area contributed by atoms with Gasteiger partial charge in [-0.3, -0.25) is 4.90 Å². The molecule has 4 nitrogen and oxygen atoms in total. The van der Waals surface area contributed by atoms with Gasteiger partial charge in [0.2, 0.25) is 0 Å². The average molecular weight is 355 g/mol. The van der Waals surface area contributed by atoms with Crippen LogP contribution in [-0.4, -0.2) is 43.3 Å². The number of phenolic OH excluding ortho intramolecular Hbond substituents is 1. The summed E-state index contributed by atoms with van der Waals surface area (Å²) in [4.78, 5) is 2.50. The zero-order chi connectivity index (χ0) is 14.8. The van der Waals surface area contributed by atoms with Crippen LogP contribution in [0.1, 0.15) is 30.9 Å². The highest BCUT2D eigenvalue weighted by molar-refractivity contribution is 9.10. The molecule has 1 heterocycles. The Kier molecular flexibility index (Phi) is 4.72. The summed E-state index contributed by atoms with van der Waals surface area (Å²) < 4.78 is 6.27. The number of hydrogen-bond donors (Lipinski definition) is 2. The smallest absolute Gasteiger partial charge is 0.162 e. The van der Waals surface area contributed by atoms with Gasteiger partial charge < -0.3 is 15.2 Å². The van der Waals surface area contributed by atoms with Gasteiger partial charge in [0.25, 0.3) is 0 Å². The lowest BCUT2D eigenvalue weighted by atomic mass is 9.97. The molecule has 2 aliphatic rings. The number of piperazine rings is 1. The first-order valence-corrected chi connectivity index (χ1v) is 8.49. The van der Waals surface area contributed by atoms with Crippen LogP contribution in [0.3, 0.4) is 0 Å². The average Bonchev–Trinajstić information content (AvgIpc) is 3.32. The van der Waals surface area contributed by atoms with E-state index in [2.05, 4.69) is 26.1 Å². The number of aromatic hydroxyl groups is 1. The highest BCUT2D eigenvalue weighted by Crippen LogP contribution is 2.45. The van der Waals surface area contributed by atoms with E-state index in [1.165, 1.54) is 12.8 Å². The molecule has 3 rings (SSSR count). The first kappa shape index (κ1) is 15.1. The number of methoxy groups -OCH3 is 1. The van der Waals surface area contributed by atoms with Crippen molar-refractivity contribution in [2.24, 2.45) is 5.92 Å². The van der Waals surface area contributed by atoms with Crippen LogP contribution < -0.4 is 10.1 Å². The van der Waals surface area contributed by atoms with Crippen LogP contribution in [0.2, 0.25) is 0 Å². The third-order valence-corrected chi connectivity index (χ3v) is 4.95. The Labute approximate surface area is 134 Å². The van der Waals surface area contributed by atoms with Crippen LogP contribution in [0.15, 0.2) is 16.6 Å². The molecule has 1 saturated heterocycles. The molecule has 1 aliphatic carbocycles. The quantitative estimate of drug-likeness (QED) is 0.853. The van der Waals surface area contributed by atoms with Gasteiger partial charge in [-0.2, -0.15) is 0 Å². The van der Waals surface area contributed by atoms with Crippen molar-refractivity contribution in [1.82, 2.24) is 10.2 Å². The van der Waals surface area contributed by atoms with Crippen molar-refractivity contribution in [2.75, 3.05) is 33.3 Å². The van der Waals surface area contributed by atoms with Crippen molar-refractivity contribution in [3.8, 4) is 11.5 Å². The van der Waals surface area contributed by atoms with Crippen LogP contribution in [0.5, 0.6) is 11.5 Å². The zero-order valence-electron chi connectivity index (χ0n) is 12.4. The number of ether oxygens (including phenoxy) is 1. The first-order chi connectivity index (χ1) is 10.2. The number of rotatable bonds is 5. The van der Waals surface area contributed by atoms with Crippen molar-refractivity contribution >= 4 is 15.9 Å². The minimum atomic E-state index is 0.283. The monoisotopic (exact) mass is 354 g/mol. The fraction of sp³-hybridized carbons (Fsp3) is 0.625. The molecular weight excluding hydrogens is 332 g/mol. The largest absolute Gasteiger partial charge is 0.504 e. The first-order valence-electron chi connectivity index (χ1n) is 7.70. The third kappa shape index (κ3) is 3.52. The second kappa shape index (κ2) is 6.55. The fourth-order valence-electron chi connectivity index (χ4n) is 3.14. The molecule has 21 heavy (non-hydrogen) atoms. The predicted octanol–water partition coefficient (Wildman–Crippen LogP) is 2.91. The molecule has 0 amide bonds. The molecule has 1 aliphatic heterocycles. The van der Waals surface area contributed by atoms with Crippen LogP contribution in [0, 0.1) is 5.92 Å². The Hall–Kier alpha value is -0.780.